The molecule has 94 valence electrons. The summed E-state index contributed by atoms with van der Waals surface area (Å²) in [4.78, 5) is 11.3. The van der Waals surface area contributed by atoms with Gasteiger partial charge in [-0.2, -0.15) is 0 Å². The first-order valence-electron chi connectivity index (χ1n) is 5.32. The van der Waals surface area contributed by atoms with Crippen LogP contribution in [0, 0.1) is 0 Å². The van der Waals surface area contributed by atoms with E-state index in [0.29, 0.717) is 18.2 Å². The van der Waals surface area contributed by atoms with Gasteiger partial charge in [0.25, 0.3) is 0 Å². The van der Waals surface area contributed by atoms with Crippen molar-refractivity contribution >= 4 is 17.6 Å². The molecule has 0 aliphatic rings. The SMILES string of the molecule is COCCNCC(=O)OCc1cccc(Cl)c1. The molecule has 1 aromatic carbocycles. The topological polar surface area (TPSA) is 47.6 Å². The van der Waals surface area contributed by atoms with E-state index in [0.717, 1.165) is 5.56 Å². The Morgan fingerprint density at radius 1 is 1.47 bits per heavy atom. The Hall–Kier alpha value is -1.10. The number of methoxy groups -OCH3 is 1. The van der Waals surface area contributed by atoms with Crippen molar-refractivity contribution in [2.75, 3.05) is 26.8 Å². The summed E-state index contributed by atoms with van der Waals surface area (Å²) in [5, 5.41) is 3.54. The molecule has 0 bridgehead atoms. The van der Waals surface area contributed by atoms with Gasteiger partial charge < -0.3 is 14.8 Å². The molecule has 0 fully saturated rings. The molecule has 0 atom stereocenters. The third kappa shape index (κ3) is 6.26. The number of carbonyl (C=O) groups excluding carboxylic acids is 1. The van der Waals surface area contributed by atoms with Gasteiger partial charge in [0.2, 0.25) is 0 Å². The number of esters is 1. The number of nitrogens with one attached hydrogen (secondary N) is 1. The van der Waals surface area contributed by atoms with Crippen LogP contribution in [-0.4, -0.2) is 32.8 Å². The van der Waals surface area contributed by atoms with Crippen LogP contribution < -0.4 is 5.32 Å². The van der Waals surface area contributed by atoms with Crippen LogP contribution in [-0.2, 0) is 20.9 Å². The highest BCUT2D eigenvalue weighted by Crippen LogP contribution is 2.11. The van der Waals surface area contributed by atoms with Crippen LogP contribution in [0.2, 0.25) is 5.02 Å². The highest BCUT2D eigenvalue weighted by atomic mass is 35.5. The number of carbonyl (C=O) groups is 1. The molecular weight excluding hydrogens is 242 g/mol. The maximum absolute atomic E-state index is 11.3. The van der Waals surface area contributed by atoms with Crippen molar-refractivity contribution in [3.05, 3.63) is 34.9 Å². The largest absolute Gasteiger partial charge is 0.460 e. The molecule has 1 rings (SSSR count). The minimum atomic E-state index is -0.291. The van der Waals surface area contributed by atoms with Crippen LogP contribution in [0.4, 0.5) is 0 Å². The molecule has 0 spiro atoms. The molecule has 0 aliphatic heterocycles. The van der Waals surface area contributed by atoms with E-state index in [1.165, 1.54) is 0 Å². The van der Waals surface area contributed by atoms with Crippen molar-refractivity contribution in [3.8, 4) is 0 Å². The van der Waals surface area contributed by atoms with Gasteiger partial charge in [0, 0.05) is 18.7 Å². The van der Waals surface area contributed by atoms with Gasteiger partial charge in [-0.05, 0) is 17.7 Å². The predicted molar refractivity (Wildman–Crippen MR) is 66.0 cm³/mol. The number of halogens is 1. The first-order chi connectivity index (χ1) is 8.22. The summed E-state index contributed by atoms with van der Waals surface area (Å²) in [7, 11) is 1.61. The summed E-state index contributed by atoms with van der Waals surface area (Å²) >= 11 is 5.81. The lowest BCUT2D eigenvalue weighted by atomic mass is 10.2. The maximum atomic E-state index is 11.3. The number of rotatable bonds is 7. The molecule has 0 aliphatic carbocycles. The highest BCUT2D eigenvalue weighted by molar-refractivity contribution is 6.30. The average Bonchev–Trinajstić information content (AvgIpc) is 2.32. The van der Waals surface area contributed by atoms with Gasteiger partial charge in [0.15, 0.2) is 0 Å². The van der Waals surface area contributed by atoms with E-state index in [1.54, 1.807) is 19.2 Å². The van der Waals surface area contributed by atoms with Gasteiger partial charge in [-0.3, -0.25) is 4.79 Å². The van der Waals surface area contributed by atoms with E-state index >= 15 is 0 Å². The van der Waals surface area contributed by atoms with Gasteiger partial charge in [0.05, 0.1) is 13.2 Å². The zero-order valence-corrected chi connectivity index (χ0v) is 10.5. The molecule has 0 saturated carbocycles. The minimum Gasteiger partial charge on any atom is -0.460 e. The molecule has 0 saturated heterocycles. The zero-order chi connectivity index (χ0) is 12.5. The smallest absolute Gasteiger partial charge is 0.320 e. The van der Waals surface area contributed by atoms with E-state index in [9.17, 15) is 4.79 Å². The lowest BCUT2D eigenvalue weighted by Gasteiger charge is -2.06. The molecule has 5 heteroatoms. The standard InChI is InChI=1S/C12H16ClNO3/c1-16-6-5-14-8-12(15)17-9-10-3-2-4-11(13)7-10/h2-4,7,14H,5-6,8-9H2,1H3. The van der Waals surface area contributed by atoms with Crippen LogP contribution in [0.5, 0.6) is 0 Å². The van der Waals surface area contributed by atoms with Crippen molar-refractivity contribution in [1.82, 2.24) is 5.32 Å². The van der Waals surface area contributed by atoms with Gasteiger partial charge >= 0.3 is 5.97 Å². The molecule has 0 radical (unpaired) electrons. The van der Waals surface area contributed by atoms with Gasteiger partial charge in [0.1, 0.15) is 6.61 Å². The van der Waals surface area contributed by atoms with E-state index in [4.69, 9.17) is 21.1 Å². The summed E-state index contributed by atoms with van der Waals surface area (Å²) in [6, 6.07) is 7.23. The van der Waals surface area contributed by atoms with E-state index in [1.807, 2.05) is 12.1 Å². The Bertz CT molecular complexity index is 357. The first kappa shape index (κ1) is 14.0. The number of ether oxygens (including phenoxy) is 2. The van der Waals surface area contributed by atoms with Crippen molar-refractivity contribution in [2.24, 2.45) is 0 Å². The van der Waals surface area contributed by atoms with E-state index in [-0.39, 0.29) is 19.1 Å². The Kier molecular flexibility index (Phi) is 6.62. The zero-order valence-electron chi connectivity index (χ0n) is 9.74. The molecule has 1 aromatic rings. The second kappa shape index (κ2) is 8.06. The second-order valence-corrected chi connectivity index (χ2v) is 3.90. The van der Waals surface area contributed by atoms with Gasteiger partial charge in [-0.25, -0.2) is 0 Å². The molecule has 0 heterocycles. The Morgan fingerprint density at radius 2 is 2.29 bits per heavy atom. The minimum absolute atomic E-state index is 0.184. The number of hydrogen-bond acceptors (Lipinski definition) is 4. The van der Waals surface area contributed by atoms with E-state index < -0.39 is 0 Å². The summed E-state index contributed by atoms with van der Waals surface area (Å²) in [6.45, 7) is 1.62. The molecule has 4 nitrogen and oxygen atoms in total. The van der Waals surface area contributed by atoms with Crippen LogP contribution in [0.25, 0.3) is 0 Å². The number of hydrogen-bond donors (Lipinski definition) is 1. The van der Waals surface area contributed by atoms with Gasteiger partial charge in [-0.1, -0.05) is 23.7 Å². The van der Waals surface area contributed by atoms with E-state index in [2.05, 4.69) is 5.32 Å². The van der Waals surface area contributed by atoms with Crippen LogP contribution >= 0.6 is 11.6 Å². The van der Waals surface area contributed by atoms with Crippen molar-refractivity contribution in [2.45, 2.75) is 6.61 Å². The maximum Gasteiger partial charge on any atom is 0.320 e. The van der Waals surface area contributed by atoms with Crippen LogP contribution in [0.1, 0.15) is 5.56 Å². The Morgan fingerprint density at radius 3 is 3.00 bits per heavy atom. The monoisotopic (exact) mass is 257 g/mol. The fraction of sp³-hybridized carbons (Fsp3) is 0.417. The van der Waals surface area contributed by atoms with Gasteiger partial charge in [-0.15, -0.1) is 0 Å². The van der Waals surface area contributed by atoms with Crippen molar-refractivity contribution < 1.29 is 14.3 Å². The summed E-state index contributed by atoms with van der Waals surface area (Å²) in [6.07, 6.45) is 0. The predicted octanol–water partition coefficient (Wildman–Crippen LogP) is 1.62. The van der Waals surface area contributed by atoms with Crippen molar-refractivity contribution in [1.29, 1.82) is 0 Å². The number of benzene rings is 1. The lowest BCUT2D eigenvalue weighted by Crippen LogP contribution is -2.27. The summed E-state index contributed by atoms with van der Waals surface area (Å²) in [5.74, 6) is -0.291. The molecule has 0 aromatic heterocycles. The normalized spacial score (nSPS) is 10.2. The highest BCUT2D eigenvalue weighted by Gasteiger charge is 2.02. The lowest BCUT2D eigenvalue weighted by molar-refractivity contribution is -0.143. The Labute approximate surface area is 106 Å². The average molecular weight is 258 g/mol. The van der Waals surface area contributed by atoms with Crippen LogP contribution in [0.15, 0.2) is 24.3 Å². The molecule has 1 N–H and O–H groups in total. The Balaban J connectivity index is 2.19. The molecular formula is C12H16ClNO3. The van der Waals surface area contributed by atoms with Crippen LogP contribution in [0.3, 0.4) is 0 Å². The second-order valence-electron chi connectivity index (χ2n) is 3.46. The fourth-order valence-corrected chi connectivity index (χ4v) is 1.42. The fourth-order valence-electron chi connectivity index (χ4n) is 1.21. The molecule has 0 unspecified atom stereocenters. The van der Waals surface area contributed by atoms with Crippen molar-refractivity contribution in [3.63, 3.8) is 0 Å². The summed E-state index contributed by atoms with van der Waals surface area (Å²) < 4.78 is 9.90. The summed E-state index contributed by atoms with van der Waals surface area (Å²) in [5.41, 5.74) is 0.878. The quantitative estimate of drug-likeness (QED) is 0.596. The molecule has 17 heavy (non-hydrogen) atoms. The first-order valence-corrected chi connectivity index (χ1v) is 5.70. The third-order valence-electron chi connectivity index (χ3n) is 2.04. The third-order valence-corrected chi connectivity index (χ3v) is 2.28. The molecule has 0 amide bonds.